The number of halogens is 1. The van der Waals surface area contributed by atoms with Crippen molar-refractivity contribution in [1.82, 2.24) is 10.9 Å². The van der Waals surface area contributed by atoms with Crippen molar-refractivity contribution in [2.75, 3.05) is 0 Å². The van der Waals surface area contributed by atoms with Crippen molar-refractivity contribution in [3.8, 4) is 0 Å². The first-order valence-corrected chi connectivity index (χ1v) is 5.82. The lowest BCUT2D eigenvalue weighted by Crippen LogP contribution is -2.44. The van der Waals surface area contributed by atoms with Gasteiger partial charge in [-0.25, -0.2) is 0 Å². The van der Waals surface area contributed by atoms with Gasteiger partial charge in [0.15, 0.2) is 0 Å². The predicted molar refractivity (Wildman–Crippen MR) is 67.1 cm³/mol. The van der Waals surface area contributed by atoms with Gasteiger partial charge in [-0.1, -0.05) is 28.1 Å². The van der Waals surface area contributed by atoms with Crippen molar-refractivity contribution in [2.45, 2.75) is 11.8 Å². The second-order valence-corrected chi connectivity index (χ2v) is 4.71. The molecule has 0 aromatic heterocycles. The second-order valence-electron chi connectivity index (χ2n) is 3.33. The Balaban J connectivity index is 2.79. The van der Waals surface area contributed by atoms with E-state index in [1.807, 2.05) is 0 Å². The minimum Gasteiger partial charge on any atom is -0.272 e. The summed E-state index contributed by atoms with van der Waals surface area (Å²) in [6, 6.07) is 5.46. The second kappa shape index (κ2) is 6.10. The van der Waals surface area contributed by atoms with Crippen LogP contribution in [0.5, 0.6) is 0 Å². The number of nitrogens with zero attached hydrogens (tertiary/aromatic N) is 1. The molecule has 1 atom stereocenters. The predicted octanol–water partition coefficient (Wildman–Crippen LogP) is 1.14. The normalized spacial score (nSPS) is 11.4. The summed E-state index contributed by atoms with van der Waals surface area (Å²) in [5.41, 5.74) is 3.80. The number of carbonyl (C=O) groups excluding carboxylic acids is 2. The van der Waals surface area contributed by atoms with E-state index in [4.69, 9.17) is 0 Å². The molecule has 2 amide bonds. The van der Waals surface area contributed by atoms with Crippen LogP contribution in [-0.4, -0.2) is 21.6 Å². The fraction of sp³-hybridized carbons (Fsp3) is 0.200. The van der Waals surface area contributed by atoms with Gasteiger partial charge in [-0.2, -0.15) is 0 Å². The number of alkyl halides is 1. The monoisotopic (exact) mass is 315 g/mol. The highest BCUT2D eigenvalue weighted by atomic mass is 79.9. The molecule has 18 heavy (non-hydrogen) atoms. The molecule has 1 rings (SSSR count). The number of hydrazine groups is 1. The van der Waals surface area contributed by atoms with Crippen molar-refractivity contribution in [3.63, 3.8) is 0 Å². The van der Waals surface area contributed by atoms with E-state index >= 15 is 0 Å². The van der Waals surface area contributed by atoms with Crippen molar-refractivity contribution in [1.29, 1.82) is 0 Å². The van der Waals surface area contributed by atoms with E-state index in [2.05, 4.69) is 26.8 Å². The third-order valence-electron chi connectivity index (χ3n) is 2.01. The molecular formula is C10H10BrN3O4. The Labute approximate surface area is 111 Å². The van der Waals surface area contributed by atoms with Crippen molar-refractivity contribution in [3.05, 3.63) is 39.9 Å². The largest absolute Gasteiger partial charge is 0.282 e. The van der Waals surface area contributed by atoms with Gasteiger partial charge < -0.3 is 0 Å². The number of para-hydroxylation sites is 1. The summed E-state index contributed by atoms with van der Waals surface area (Å²) in [7, 11) is 0. The smallest absolute Gasteiger partial charge is 0.272 e. The lowest BCUT2D eigenvalue weighted by atomic mass is 10.2. The highest BCUT2D eigenvalue weighted by Crippen LogP contribution is 2.16. The fourth-order valence-corrected chi connectivity index (χ4v) is 1.22. The first-order chi connectivity index (χ1) is 8.43. The number of hydrogen-bond donors (Lipinski definition) is 2. The SMILES string of the molecule is C[C@@H](Br)C(=O)NNC(=O)c1ccccc1[N+](=O)[O-]. The van der Waals surface area contributed by atoms with Crippen molar-refractivity contribution >= 4 is 33.4 Å². The number of nitro benzene ring substituents is 1. The molecule has 1 aromatic carbocycles. The van der Waals surface area contributed by atoms with Gasteiger partial charge in [0.1, 0.15) is 5.56 Å². The van der Waals surface area contributed by atoms with Gasteiger partial charge in [0.05, 0.1) is 9.75 Å². The Morgan fingerprint density at radius 2 is 1.94 bits per heavy atom. The average molecular weight is 316 g/mol. The molecule has 7 nitrogen and oxygen atoms in total. The summed E-state index contributed by atoms with van der Waals surface area (Å²) in [4.78, 5) is 32.4. The summed E-state index contributed by atoms with van der Waals surface area (Å²) in [6.45, 7) is 1.58. The molecule has 0 aliphatic heterocycles. The zero-order valence-electron chi connectivity index (χ0n) is 9.34. The van der Waals surface area contributed by atoms with Gasteiger partial charge in [-0.15, -0.1) is 0 Å². The molecule has 0 fully saturated rings. The number of hydrogen-bond acceptors (Lipinski definition) is 4. The van der Waals surface area contributed by atoms with Crippen LogP contribution in [-0.2, 0) is 4.79 Å². The average Bonchev–Trinajstić information content (AvgIpc) is 2.35. The van der Waals surface area contributed by atoms with Crippen LogP contribution in [0, 0.1) is 10.1 Å². The molecule has 0 aliphatic carbocycles. The summed E-state index contributed by atoms with van der Waals surface area (Å²) < 4.78 is 0. The lowest BCUT2D eigenvalue weighted by Gasteiger charge is -2.08. The lowest BCUT2D eigenvalue weighted by molar-refractivity contribution is -0.385. The quantitative estimate of drug-likeness (QED) is 0.496. The van der Waals surface area contributed by atoms with E-state index in [1.54, 1.807) is 6.92 Å². The molecule has 0 unspecified atom stereocenters. The zero-order chi connectivity index (χ0) is 13.7. The van der Waals surface area contributed by atoms with Crippen LogP contribution in [0.3, 0.4) is 0 Å². The summed E-state index contributed by atoms with van der Waals surface area (Å²) >= 11 is 3.01. The molecule has 0 saturated heterocycles. The molecule has 0 saturated carbocycles. The topological polar surface area (TPSA) is 101 Å². The summed E-state index contributed by atoms with van der Waals surface area (Å²) in [5, 5.41) is 10.7. The molecule has 0 radical (unpaired) electrons. The molecule has 0 spiro atoms. The Morgan fingerprint density at radius 1 is 1.33 bits per heavy atom. The first kappa shape index (κ1) is 14.1. The Kier molecular flexibility index (Phi) is 4.78. The highest BCUT2D eigenvalue weighted by molar-refractivity contribution is 9.10. The van der Waals surface area contributed by atoms with Crippen LogP contribution in [0.4, 0.5) is 5.69 Å². The van der Waals surface area contributed by atoms with Gasteiger partial charge in [0, 0.05) is 6.07 Å². The Hall–Kier alpha value is -1.96. The maximum Gasteiger partial charge on any atom is 0.282 e. The number of nitrogens with one attached hydrogen (secondary N) is 2. The van der Waals surface area contributed by atoms with E-state index in [0.29, 0.717) is 0 Å². The van der Waals surface area contributed by atoms with Gasteiger partial charge in [-0.05, 0) is 13.0 Å². The zero-order valence-corrected chi connectivity index (χ0v) is 10.9. The van der Waals surface area contributed by atoms with Crippen LogP contribution in [0.25, 0.3) is 0 Å². The minimum absolute atomic E-state index is 0.120. The van der Waals surface area contributed by atoms with Crippen LogP contribution in [0.1, 0.15) is 17.3 Å². The fourth-order valence-electron chi connectivity index (χ4n) is 1.11. The molecule has 8 heteroatoms. The molecular weight excluding hydrogens is 306 g/mol. The minimum atomic E-state index is -0.746. The summed E-state index contributed by atoms with van der Waals surface area (Å²) in [6.07, 6.45) is 0. The maximum absolute atomic E-state index is 11.7. The Morgan fingerprint density at radius 3 is 2.50 bits per heavy atom. The molecule has 96 valence electrons. The van der Waals surface area contributed by atoms with Crippen molar-refractivity contribution in [2.24, 2.45) is 0 Å². The van der Waals surface area contributed by atoms with E-state index in [-0.39, 0.29) is 11.3 Å². The van der Waals surface area contributed by atoms with Gasteiger partial charge in [-0.3, -0.25) is 30.6 Å². The third-order valence-corrected chi connectivity index (χ3v) is 2.42. The van der Waals surface area contributed by atoms with Gasteiger partial charge >= 0.3 is 0 Å². The van der Waals surface area contributed by atoms with Crippen LogP contribution in [0.2, 0.25) is 0 Å². The molecule has 1 aromatic rings. The molecule has 2 N–H and O–H groups in total. The van der Waals surface area contributed by atoms with Gasteiger partial charge in [0.25, 0.3) is 17.5 Å². The van der Waals surface area contributed by atoms with Crippen LogP contribution < -0.4 is 10.9 Å². The van der Waals surface area contributed by atoms with E-state index in [1.165, 1.54) is 24.3 Å². The van der Waals surface area contributed by atoms with Crippen LogP contribution in [0.15, 0.2) is 24.3 Å². The standard InChI is InChI=1S/C10H10BrN3O4/c1-6(11)9(15)12-13-10(16)7-4-2-3-5-8(7)14(17)18/h2-6H,1H3,(H,12,15)(H,13,16)/t6-/m1/s1. The molecule has 0 bridgehead atoms. The number of nitro groups is 1. The number of benzene rings is 1. The number of rotatable bonds is 3. The van der Waals surface area contributed by atoms with Crippen LogP contribution >= 0.6 is 15.9 Å². The number of amides is 2. The van der Waals surface area contributed by atoms with Gasteiger partial charge in [0.2, 0.25) is 0 Å². The molecule has 0 heterocycles. The van der Waals surface area contributed by atoms with E-state index in [0.717, 1.165) is 0 Å². The number of carbonyl (C=O) groups is 2. The van der Waals surface area contributed by atoms with E-state index < -0.39 is 21.6 Å². The van der Waals surface area contributed by atoms with E-state index in [9.17, 15) is 19.7 Å². The third kappa shape index (κ3) is 3.52. The maximum atomic E-state index is 11.7. The summed E-state index contributed by atoms with van der Waals surface area (Å²) in [5.74, 6) is -1.20. The first-order valence-electron chi connectivity index (χ1n) is 4.91. The molecule has 0 aliphatic rings. The highest BCUT2D eigenvalue weighted by Gasteiger charge is 2.19. The Bertz CT molecular complexity index is 490. The van der Waals surface area contributed by atoms with Crippen molar-refractivity contribution < 1.29 is 14.5 Å².